The second-order valence-electron chi connectivity index (χ2n) is 6.49. The SMILES string of the molecule is O=S(=O)(NCCNc1cc(N2CCOCC2)ncn1)c1ccc2c(c1)OCCO2. The van der Waals surface area contributed by atoms with E-state index in [1.807, 2.05) is 6.07 Å². The zero-order valence-electron chi connectivity index (χ0n) is 15.8. The standard InChI is InChI=1S/C18H23N5O5S/c24-29(25,14-1-2-15-16(11-14)28-10-9-27-15)22-4-3-19-17-12-18(21-13-20-17)23-5-7-26-8-6-23/h1-2,11-13,22H,3-10H2,(H,19,20,21). The summed E-state index contributed by atoms with van der Waals surface area (Å²) < 4.78 is 43.8. The number of anilines is 2. The molecule has 2 aromatic rings. The van der Waals surface area contributed by atoms with Crippen molar-refractivity contribution in [3.05, 3.63) is 30.6 Å². The highest BCUT2D eigenvalue weighted by Gasteiger charge is 2.19. The predicted molar refractivity (Wildman–Crippen MR) is 106 cm³/mol. The van der Waals surface area contributed by atoms with E-state index >= 15 is 0 Å². The van der Waals surface area contributed by atoms with Crippen molar-refractivity contribution in [2.45, 2.75) is 4.90 Å². The van der Waals surface area contributed by atoms with Gasteiger partial charge in [-0.2, -0.15) is 0 Å². The predicted octanol–water partition coefficient (Wildman–Crippen LogP) is 0.475. The number of hydrogen-bond acceptors (Lipinski definition) is 9. The summed E-state index contributed by atoms with van der Waals surface area (Å²) >= 11 is 0. The molecule has 0 amide bonds. The summed E-state index contributed by atoms with van der Waals surface area (Å²) in [4.78, 5) is 10.7. The number of fused-ring (bicyclic) bond motifs is 1. The molecule has 0 bridgehead atoms. The van der Waals surface area contributed by atoms with Crippen LogP contribution in [-0.4, -0.2) is 71.0 Å². The molecule has 0 saturated carbocycles. The number of ether oxygens (including phenoxy) is 3. The number of sulfonamides is 1. The molecule has 156 valence electrons. The Balaban J connectivity index is 1.31. The van der Waals surface area contributed by atoms with Crippen molar-refractivity contribution in [3.8, 4) is 11.5 Å². The normalized spacial score (nSPS) is 16.5. The van der Waals surface area contributed by atoms with E-state index in [0.717, 1.165) is 18.9 Å². The van der Waals surface area contributed by atoms with Crippen molar-refractivity contribution in [2.24, 2.45) is 0 Å². The highest BCUT2D eigenvalue weighted by atomic mass is 32.2. The van der Waals surface area contributed by atoms with Gasteiger partial charge in [-0.3, -0.25) is 0 Å². The molecule has 0 spiro atoms. The Kier molecular flexibility index (Phi) is 5.97. The molecule has 1 aromatic carbocycles. The molecule has 1 aromatic heterocycles. The van der Waals surface area contributed by atoms with Crippen molar-refractivity contribution in [3.63, 3.8) is 0 Å². The number of nitrogens with zero attached hydrogens (tertiary/aromatic N) is 3. The van der Waals surface area contributed by atoms with Gasteiger partial charge in [-0.25, -0.2) is 23.1 Å². The second kappa shape index (κ2) is 8.80. The van der Waals surface area contributed by atoms with E-state index in [1.54, 1.807) is 6.07 Å². The number of nitrogens with one attached hydrogen (secondary N) is 2. The fourth-order valence-corrected chi connectivity index (χ4v) is 4.11. The van der Waals surface area contributed by atoms with E-state index in [-0.39, 0.29) is 11.4 Å². The van der Waals surface area contributed by atoms with Gasteiger partial charge in [0.1, 0.15) is 31.2 Å². The summed E-state index contributed by atoms with van der Waals surface area (Å²) in [5.41, 5.74) is 0. The van der Waals surface area contributed by atoms with Crippen LogP contribution in [0.2, 0.25) is 0 Å². The van der Waals surface area contributed by atoms with Crippen LogP contribution in [-0.2, 0) is 14.8 Å². The quantitative estimate of drug-likeness (QED) is 0.616. The molecule has 1 saturated heterocycles. The first-order chi connectivity index (χ1) is 14.1. The first-order valence-electron chi connectivity index (χ1n) is 9.40. The average Bonchev–Trinajstić information content (AvgIpc) is 2.77. The summed E-state index contributed by atoms with van der Waals surface area (Å²) in [6.07, 6.45) is 1.49. The van der Waals surface area contributed by atoms with Crippen LogP contribution in [0.1, 0.15) is 0 Å². The summed E-state index contributed by atoms with van der Waals surface area (Å²) in [6, 6.07) is 6.43. The summed E-state index contributed by atoms with van der Waals surface area (Å²) in [5.74, 6) is 2.45. The average molecular weight is 421 g/mol. The highest BCUT2D eigenvalue weighted by molar-refractivity contribution is 7.89. The Hall–Kier alpha value is -2.63. The van der Waals surface area contributed by atoms with Crippen LogP contribution in [0, 0.1) is 0 Å². The zero-order valence-corrected chi connectivity index (χ0v) is 16.7. The molecule has 0 unspecified atom stereocenters. The van der Waals surface area contributed by atoms with Gasteiger partial charge in [0.15, 0.2) is 11.5 Å². The van der Waals surface area contributed by atoms with Crippen molar-refractivity contribution in [1.29, 1.82) is 0 Å². The molecule has 2 N–H and O–H groups in total. The van der Waals surface area contributed by atoms with Gasteiger partial charge in [0.2, 0.25) is 10.0 Å². The van der Waals surface area contributed by atoms with Crippen molar-refractivity contribution >= 4 is 21.7 Å². The van der Waals surface area contributed by atoms with Crippen LogP contribution in [0.3, 0.4) is 0 Å². The third-order valence-electron chi connectivity index (χ3n) is 4.53. The Morgan fingerprint density at radius 2 is 1.76 bits per heavy atom. The molecule has 4 rings (SSSR count). The minimum Gasteiger partial charge on any atom is -0.486 e. The van der Waals surface area contributed by atoms with Gasteiger partial charge in [0.25, 0.3) is 0 Å². The molecule has 0 aliphatic carbocycles. The van der Waals surface area contributed by atoms with Crippen LogP contribution in [0.15, 0.2) is 35.5 Å². The number of morpholine rings is 1. The molecule has 1 fully saturated rings. The maximum absolute atomic E-state index is 12.5. The Labute approximate surface area is 169 Å². The highest BCUT2D eigenvalue weighted by Crippen LogP contribution is 2.32. The van der Waals surface area contributed by atoms with Gasteiger partial charge < -0.3 is 24.4 Å². The number of benzene rings is 1. The largest absolute Gasteiger partial charge is 0.486 e. The molecule has 0 radical (unpaired) electrons. The molecular weight excluding hydrogens is 398 g/mol. The van der Waals surface area contributed by atoms with Gasteiger partial charge in [-0.05, 0) is 12.1 Å². The minimum atomic E-state index is -3.65. The van der Waals surface area contributed by atoms with E-state index in [4.69, 9.17) is 14.2 Å². The van der Waals surface area contributed by atoms with Gasteiger partial charge in [-0.1, -0.05) is 0 Å². The minimum absolute atomic E-state index is 0.137. The lowest BCUT2D eigenvalue weighted by Gasteiger charge is -2.27. The van der Waals surface area contributed by atoms with Gasteiger partial charge in [0.05, 0.1) is 18.1 Å². The Morgan fingerprint density at radius 3 is 2.59 bits per heavy atom. The van der Waals surface area contributed by atoms with Gasteiger partial charge >= 0.3 is 0 Å². The van der Waals surface area contributed by atoms with E-state index in [0.29, 0.717) is 50.3 Å². The Morgan fingerprint density at radius 1 is 0.966 bits per heavy atom. The smallest absolute Gasteiger partial charge is 0.240 e. The molecule has 11 heteroatoms. The molecule has 3 heterocycles. The van der Waals surface area contributed by atoms with Crippen LogP contribution < -0.4 is 24.4 Å². The van der Waals surface area contributed by atoms with E-state index < -0.39 is 10.0 Å². The van der Waals surface area contributed by atoms with Crippen molar-refractivity contribution in [1.82, 2.24) is 14.7 Å². The third kappa shape index (κ3) is 4.86. The lowest BCUT2D eigenvalue weighted by Crippen LogP contribution is -2.36. The van der Waals surface area contributed by atoms with Crippen LogP contribution in [0.5, 0.6) is 11.5 Å². The lowest BCUT2D eigenvalue weighted by molar-refractivity contribution is 0.122. The topological polar surface area (TPSA) is 115 Å². The fourth-order valence-electron chi connectivity index (χ4n) is 3.06. The number of hydrogen-bond donors (Lipinski definition) is 2. The fraction of sp³-hybridized carbons (Fsp3) is 0.444. The Bertz CT molecular complexity index is 949. The first-order valence-corrected chi connectivity index (χ1v) is 10.9. The summed E-state index contributed by atoms with van der Waals surface area (Å²) in [7, 11) is -3.65. The molecule has 10 nitrogen and oxygen atoms in total. The number of rotatable bonds is 7. The van der Waals surface area contributed by atoms with E-state index in [2.05, 4.69) is 24.9 Å². The molecule has 0 atom stereocenters. The molecule has 2 aliphatic heterocycles. The van der Waals surface area contributed by atoms with Gasteiger partial charge in [-0.15, -0.1) is 0 Å². The molecule has 2 aliphatic rings. The van der Waals surface area contributed by atoms with Crippen molar-refractivity contribution in [2.75, 3.05) is 62.8 Å². The van der Waals surface area contributed by atoms with Crippen LogP contribution >= 0.6 is 0 Å². The van der Waals surface area contributed by atoms with E-state index in [9.17, 15) is 8.42 Å². The summed E-state index contributed by atoms with van der Waals surface area (Å²) in [6.45, 7) is 4.36. The second-order valence-corrected chi connectivity index (χ2v) is 8.26. The maximum Gasteiger partial charge on any atom is 0.240 e. The third-order valence-corrected chi connectivity index (χ3v) is 5.99. The monoisotopic (exact) mass is 421 g/mol. The van der Waals surface area contributed by atoms with Crippen LogP contribution in [0.25, 0.3) is 0 Å². The number of aromatic nitrogens is 2. The van der Waals surface area contributed by atoms with Crippen molar-refractivity contribution < 1.29 is 22.6 Å². The lowest BCUT2D eigenvalue weighted by atomic mass is 10.3. The first kappa shape index (κ1) is 19.7. The zero-order chi connectivity index (χ0) is 20.1. The van der Waals surface area contributed by atoms with Crippen LogP contribution in [0.4, 0.5) is 11.6 Å². The van der Waals surface area contributed by atoms with E-state index in [1.165, 1.54) is 18.5 Å². The maximum atomic E-state index is 12.5. The molecular formula is C18H23N5O5S. The molecule has 29 heavy (non-hydrogen) atoms. The summed E-state index contributed by atoms with van der Waals surface area (Å²) in [5, 5.41) is 3.12. The van der Waals surface area contributed by atoms with Gasteiger partial charge in [0, 0.05) is 38.3 Å².